The first-order valence-electron chi connectivity index (χ1n) is 6.41. The molecule has 19 heavy (non-hydrogen) atoms. The molecule has 0 radical (unpaired) electrons. The predicted octanol–water partition coefficient (Wildman–Crippen LogP) is 1.29. The van der Waals surface area contributed by atoms with Gasteiger partial charge in [-0.1, -0.05) is 0 Å². The van der Waals surface area contributed by atoms with E-state index in [1.165, 1.54) is 0 Å². The predicted molar refractivity (Wildman–Crippen MR) is 77.5 cm³/mol. The molecule has 6 heteroatoms. The quantitative estimate of drug-likeness (QED) is 0.847. The molecule has 1 aliphatic heterocycles. The van der Waals surface area contributed by atoms with Crippen molar-refractivity contribution >= 4 is 21.2 Å². The molecule has 0 bridgehead atoms. The van der Waals surface area contributed by atoms with Gasteiger partial charge in [-0.05, 0) is 19.9 Å². The largest absolute Gasteiger partial charge is 0.494 e. The Balaban J connectivity index is 2.26. The van der Waals surface area contributed by atoms with Gasteiger partial charge in [-0.25, -0.2) is 8.42 Å². The van der Waals surface area contributed by atoms with Gasteiger partial charge in [0.1, 0.15) is 5.75 Å². The third kappa shape index (κ3) is 3.32. The van der Waals surface area contributed by atoms with E-state index in [9.17, 15) is 8.42 Å². The maximum absolute atomic E-state index is 11.6. The number of rotatable bonds is 3. The smallest absolute Gasteiger partial charge is 0.154 e. The molecule has 0 amide bonds. The van der Waals surface area contributed by atoms with Crippen molar-refractivity contribution < 1.29 is 13.2 Å². The van der Waals surface area contributed by atoms with Crippen LogP contribution in [0, 0.1) is 0 Å². The van der Waals surface area contributed by atoms with Crippen LogP contribution in [0.15, 0.2) is 18.2 Å². The Kier molecular flexibility index (Phi) is 3.89. The molecule has 1 aliphatic rings. The molecule has 1 aromatic carbocycles. The Morgan fingerprint density at radius 3 is 2.79 bits per heavy atom. The van der Waals surface area contributed by atoms with E-state index >= 15 is 0 Å². The van der Waals surface area contributed by atoms with E-state index in [1.54, 1.807) is 6.07 Å². The number of nitrogens with zero attached hydrogens (tertiary/aromatic N) is 1. The summed E-state index contributed by atoms with van der Waals surface area (Å²) in [6, 6.07) is 5.50. The Morgan fingerprint density at radius 2 is 2.16 bits per heavy atom. The fourth-order valence-electron chi connectivity index (χ4n) is 2.40. The molecule has 2 N–H and O–H groups in total. The molecule has 0 saturated carbocycles. The fourth-order valence-corrected chi connectivity index (χ4v) is 3.96. The second-order valence-electron chi connectivity index (χ2n) is 4.85. The van der Waals surface area contributed by atoms with E-state index in [0.717, 1.165) is 11.4 Å². The van der Waals surface area contributed by atoms with Gasteiger partial charge in [0.2, 0.25) is 0 Å². The summed E-state index contributed by atoms with van der Waals surface area (Å²) in [4.78, 5) is 2.07. The molecule has 2 rings (SSSR count). The van der Waals surface area contributed by atoms with Crippen molar-refractivity contribution in [1.29, 1.82) is 0 Å². The van der Waals surface area contributed by atoms with Gasteiger partial charge in [-0.15, -0.1) is 0 Å². The summed E-state index contributed by atoms with van der Waals surface area (Å²) in [5.74, 6) is 1.10. The lowest BCUT2D eigenvalue weighted by Gasteiger charge is -2.35. The Labute approximate surface area is 114 Å². The van der Waals surface area contributed by atoms with Crippen LogP contribution in [0.5, 0.6) is 5.75 Å². The molecular weight excluding hydrogens is 264 g/mol. The number of anilines is 2. The molecule has 0 aliphatic carbocycles. The maximum atomic E-state index is 11.6. The Morgan fingerprint density at radius 1 is 1.42 bits per heavy atom. The summed E-state index contributed by atoms with van der Waals surface area (Å²) in [6.07, 6.45) is 0. The fraction of sp³-hybridized carbons (Fsp3) is 0.538. The van der Waals surface area contributed by atoms with Gasteiger partial charge in [-0.3, -0.25) is 0 Å². The number of benzene rings is 1. The molecular formula is C13H20N2O3S. The zero-order chi connectivity index (χ0) is 14.0. The number of hydrogen-bond acceptors (Lipinski definition) is 5. The first kappa shape index (κ1) is 14.0. The third-order valence-electron chi connectivity index (χ3n) is 3.23. The van der Waals surface area contributed by atoms with Crippen LogP contribution in [0.25, 0.3) is 0 Å². The van der Waals surface area contributed by atoms with E-state index in [1.807, 2.05) is 26.0 Å². The zero-order valence-corrected chi connectivity index (χ0v) is 12.1. The number of nitrogen functional groups attached to an aromatic ring is 1. The van der Waals surface area contributed by atoms with Crippen molar-refractivity contribution in [2.45, 2.75) is 19.9 Å². The van der Waals surface area contributed by atoms with Crippen LogP contribution in [0.2, 0.25) is 0 Å². The lowest BCUT2D eigenvalue weighted by atomic mass is 10.2. The van der Waals surface area contributed by atoms with Gasteiger partial charge in [-0.2, -0.15) is 0 Å². The highest BCUT2D eigenvalue weighted by Gasteiger charge is 2.28. The summed E-state index contributed by atoms with van der Waals surface area (Å²) in [5, 5.41) is 0. The molecule has 1 heterocycles. The SMILES string of the molecule is CCOc1cc(N)cc(N2CCS(=O)(=O)CC2C)c1. The van der Waals surface area contributed by atoms with Crippen LogP contribution in [-0.4, -0.2) is 39.1 Å². The van der Waals surface area contributed by atoms with Crippen molar-refractivity contribution in [2.24, 2.45) is 0 Å². The number of sulfone groups is 1. The number of nitrogens with two attached hydrogens (primary N) is 1. The van der Waals surface area contributed by atoms with E-state index in [-0.39, 0.29) is 17.5 Å². The minimum atomic E-state index is -2.91. The van der Waals surface area contributed by atoms with Crippen LogP contribution in [-0.2, 0) is 9.84 Å². The Hall–Kier alpha value is -1.43. The van der Waals surface area contributed by atoms with Gasteiger partial charge >= 0.3 is 0 Å². The summed E-state index contributed by atoms with van der Waals surface area (Å²) >= 11 is 0. The van der Waals surface area contributed by atoms with Crippen LogP contribution >= 0.6 is 0 Å². The number of hydrogen-bond donors (Lipinski definition) is 1. The maximum Gasteiger partial charge on any atom is 0.154 e. The highest BCUT2D eigenvalue weighted by molar-refractivity contribution is 7.91. The monoisotopic (exact) mass is 284 g/mol. The van der Waals surface area contributed by atoms with Gasteiger partial charge in [0, 0.05) is 36.1 Å². The van der Waals surface area contributed by atoms with Gasteiger partial charge in [0.15, 0.2) is 9.84 Å². The molecule has 1 fully saturated rings. The van der Waals surface area contributed by atoms with E-state index in [2.05, 4.69) is 4.90 Å². The molecule has 1 aromatic rings. The summed E-state index contributed by atoms with van der Waals surface area (Å²) in [6.45, 7) is 4.91. The lowest BCUT2D eigenvalue weighted by Crippen LogP contribution is -2.47. The zero-order valence-electron chi connectivity index (χ0n) is 11.3. The van der Waals surface area contributed by atoms with Crippen molar-refractivity contribution in [3.8, 4) is 5.75 Å². The normalized spacial score (nSPS) is 22.2. The number of ether oxygens (including phenoxy) is 1. The summed E-state index contributed by atoms with van der Waals surface area (Å²) in [5.41, 5.74) is 7.42. The lowest BCUT2D eigenvalue weighted by molar-refractivity contribution is 0.340. The van der Waals surface area contributed by atoms with E-state index in [0.29, 0.717) is 18.8 Å². The highest BCUT2D eigenvalue weighted by atomic mass is 32.2. The average molecular weight is 284 g/mol. The van der Waals surface area contributed by atoms with Crippen LogP contribution in [0.1, 0.15) is 13.8 Å². The molecule has 0 aromatic heterocycles. The van der Waals surface area contributed by atoms with E-state index < -0.39 is 9.84 Å². The summed E-state index contributed by atoms with van der Waals surface area (Å²) in [7, 11) is -2.91. The van der Waals surface area contributed by atoms with Crippen molar-refractivity contribution in [1.82, 2.24) is 0 Å². The van der Waals surface area contributed by atoms with Crippen LogP contribution in [0.3, 0.4) is 0 Å². The Bertz CT molecular complexity index is 557. The first-order chi connectivity index (χ1) is 8.91. The molecule has 1 saturated heterocycles. The highest BCUT2D eigenvalue weighted by Crippen LogP contribution is 2.28. The minimum Gasteiger partial charge on any atom is -0.494 e. The standard InChI is InChI=1S/C13H20N2O3S/c1-3-18-13-7-11(14)6-12(8-13)15-4-5-19(16,17)9-10(15)2/h6-8,10H,3-5,9,14H2,1-2H3. The molecule has 0 spiro atoms. The van der Waals surface area contributed by atoms with Crippen molar-refractivity contribution in [3.63, 3.8) is 0 Å². The molecule has 1 atom stereocenters. The van der Waals surface area contributed by atoms with Crippen LogP contribution in [0.4, 0.5) is 11.4 Å². The second-order valence-corrected chi connectivity index (χ2v) is 7.08. The summed E-state index contributed by atoms with van der Waals surface area (Å²) < 4.78 is 28.7. The van der Waals surface area contributed by atoms with Gasteiger partial charge in [0.25, 0.3) is 0 Å². The van der Waals surface area contributed by atoms with Crippen LogP contribution < -0.4 is 15.4 Å². The first-order valence-corrected chi connectivity index (χ1v) is 8.24. The molecule has 1 unspecified atom stereocenters. The molecule has 5 nitrogen and oxygen atoms in total. The average Bonchev–Trinajstić information content (AvgIpc) is 2.27. The van der Waals surface area contributed by atoms with Crippen molar-refractivity contribution in [2.75, 3.05) is 35.3 Å². The second kappa shape index (κ2) is 5.28. The van der Waals surface area contributed by atoms with Gasteiger partial charge in [0.05, 0.1) is 18.1 Å². The third-order valence-corrected chi connectivity index (χ3v) is 5.02. The minimum absolute atomic E-state index is 0.0463. The van der Waals surface area contributed by atoms with Gasteiger partial charge < -0.3 is 15.4 Å². The van der Waals surface area contributed by atoms with Crippen molar-refractivity contribution in [3.05, 3.63) is 18.2 Å². The topological polar surface area (TPSA) is 72.6 Å². The van der Waals surface area contributed by atoms with E-state index in [4.69, 9.17) is 10.5 Å². The molecule has 106 valence electrons.